The molecule has 0 aromatic carbocycles. The summed E-state index contributed by atoms with van der Waals surface area (Å²) < 4.78 is 5.75. The lowest BCUT2D eigenvalue weighted by molar-refractivity contribution is 0.344. The fraction of sp³-hybridized carbons (Fsp3) is 0.615. The molecule has 108 valence electrons. The molecule has 0 amide bonds. The lowest BCUT2D eigenvalue weighted by Crippen LogP contribution is -2.22. The number of amidine groups is 1. The molecule has 6 heteroatoms. The van der Waals surface area contributed by atoms with E-state index in [4.69, 9.17) is 4.42 Å². The molecule has 1 N–H and O–H groups in total. The molecule has 0 bridgehead atoms. The SMILES string of the molecule is CN=C(NCCSCc1ccc(CN(C)C)o1)SC. The number of furan rings is 1. The molecule has 0 atom stereocenters. The van der Waals surface area contributed by atoms with Crippen LogP contribution >= 0.6 is 23.5 Å². The van der Waals surface area contributed by atoms with Gasteiger partial charge < -0.3 is 14.6 Å². The summed E-state index contributed by atoms with van der Waals surface area (Å²) in [5.74, 6) is 4.05. The fourth-order valence-electron chi connectivity index (χ4n) is 1.54. The second kappa shape index (κ2) is 9.34. The van der Waals surface area contributed by atoms with Gasteiger partial charge in [0.05, 0.1) is 12.3 Å². The average molecular weight is 301 g/mol. The normalized spacial score (nSPS) is 12.2. The number of nitrogens with one attached hydrogen (secondary N) is 1. The molecule has 0 aliphatic rings. The molecule has 1 aromatic heterocycles. The molecule has 0 aliphatic heterocycles. The van der Waals surface area contributed by atoms with Gasteiger partial charge in [-0.05, 0) is 32.5 Å². The van der Waals surface area contributed by atoms with Crippen LogP contribution < -0.4 is 5.32 Å². The summed E-state index contributed by atoms with van der Waals surface area (Å²) in [6.07, 6.45) is 2.03. The summed E-state index contributed by atoms with van der Waals surface area (Å²) in [6, 6.07) is 4.13. The van der Waals surface area contributed by atoms with Crippen LogP contribution in [-0.2, 0) is 12.3 Å². The molecule has 0 saturated heterocycles. The summed E-state index contributed by atoms with van der Waals surface area (Å²) in [7, 11) is 5.89. The van der Waals surface area contributed by atoms with Gasteiger partial charge in [0.1, 0.15) is 11.5 Å². The average Bonchev–Trinajstić information content (AvgIpc) is 2.80. The van der Waals surface area contributed by atoms with Crippen molar-refractivity contribution in [2.45, 2.75) is 12.3 Å². The Balaban J connectivity index is 2.17. The Kier molecular flexibility index (Phi) is 8.09. The molecule has 0 radical (unpaired) electrons. The Bertz CT molecular complexity index is 391. The third-order valence-electron chi connectivity index (χ3n) is 2.35. The van der Waals surface area contributed by atoms with Gasteiger partial charge in [0.15, 0.2) is 5.17 Å². The number of thioether (sulfide) groups is 2. The van der Waals surface area contributed by atoms with Crippen molar-refractivity contribution in [2.75, 3.05) is 39.7 Å². The first kappa shape index (κ1) is 16.5. The molecular weight excluding hydrogens is 278 g/mol. The topological polar surface area (TPSA) is 40.8 Å². The number of nitrogens with zero attached hydrogens (tertiary/aromatic N) is 2. The first-order chi connectivity index (χ1) is 9.15. The van der Waals surface area contributed by atoms with Crippen molar-refractivity contribution in [3.05, 3.63) is 23.7 Å². The largest absolute Gasteiger partial charge is 0.464 e. The van der Waals surface area contributed by atoms with Gasteiger partial charge in [-0.3, -0.25) is 4.99 Å². The minimum absolute atomic E-state index is 0.857. The van der Waals surface area contributed by atoms with Crippen molar-refractivity contribution in [2.24, 2.45) is 4.99 Å². The number of rotatable bonds is 7. The van der Waals surface area contributed by atoms with Crippen LogP contribution in [0.5, 0.6) is 0 Å². The van der Waals surface area contributed by atoms with Crippen molar-refractivity contribution in [1.82, 2.24) is 10.2 Å². The number of aliphatic imine (C=N–C) groups is 1. The smallest absolute Gasteiger partial charge is 0.156 e. The zero-order chi connectivity index (χ0) is 14.1. The van der Waals surface area contributed by atoms with Crippen LogP contribution in [0.2, 0.25) is 0 Å². The van der Waals surface area contributed by atoms with Gasteiger partial charge in [0.2, 0.25) is 0 Å². The minimum atomic E-state index is 0.857. The molecule has 1 heterocycles. The van der Waals surface area contributed by atoms with Crippen LogP contribution in [0.15, 0.2) is 21.5 Å². The highest BCUT2D eigenvalue weighted by Gasteiger charge is 2.03. The van der Waals surface area contributed by atoms with Gasteiger partial charge in [-0.15, -0.1) is 0 Å². The Hall–Kier alpha value is -0.590. The lowest BCUT2D eigenvalue weighted by atomic mass is 10.4. The molecule has 0 unspecified atom stereocenters. The molecule has 1 aromatic rings. The molecule has 0 spiro atoms. The van der Waals surface area contributed by atoms with E-state index in [1.165, 1.54) is 0 Å². The van der Waals surface area contributed by atoms with Gasteiger partial charge in [-0.2, -0.15) is 11.8 Å². The maximum Gasteiger partial charge on any atom is 0.156 e. The summed E-state index contributed by atoms with van der Waals surface area (Å²) in [4.78, 5) is 6.23. The minimum Gasteiger partial charge on any atom is -0.464 e. The van der Waals surface area contributed by atoms with Crippen LogP contribution in [-0.4, -0.2) is 49.8 Å². The van der Waals surface area contributed by atoms with Gasteiger partial charge in [0.25, 0.3) is 0 Å². The Morgan fingerprint density at radius 1 is 1.37 bits per heavy atom. The molecule has 4 nitrogen and oxygen atoms in total. The van der Waals surface area contributed by atoms with Crippen LogP contribution in [0.25, 0.3) is 0 Å². The predicted octanol–water partition coefficient (Wildman–Crippen LogP) is 2.51. The Morgan fingerprint density at radius 3 is 2.74 bits per heavy atom. The summed E-state index contributed by atoms with van der Waals surface area (Å²) in [6.45, 7) is 1.79. The van der Waals surface area contributed by atoms with E-state index in [0.29, 0.717) is 0 Å². The molecule has 1 rings (SSSR count). The van der Waals surface area contributed by atoms with E-state index < -0.39 is 0 Å². The lowest BCUT2D eigenvalue weighted by Gasteiger charge is -2.06. The van der Waals surface area contributed by atoms with Crippen molar-refractivity contribution in [3.63, 3.8) is 0 Å². The molecule has 19 heavy (non-hydrogen) atoms. The highest BCUT2D eigenvalue weighted by atomic mass is 32.2. The fourth-order valence-corrected chi connectivity index (χ4v) is 2.72. The van der Waals surface area contributed by atoms with E-state index in [1.54, 1.807) is 18.8 Å². The standard InChI is InChI=1S/C13H23N3OS2/c1-14-13(18-4)15-7-8-19-10-12-6-5-11(17-12)9-16(2)3/h5-6H,7-10H2,1-4H3,(H,14,15). The number of hydrogen-bond acceptors (Lipinski definition) is 5. The Morgan fingerprint density at radius 2 is 2.11 bits per heavy atom. The first-order valence-electron chi connectivity index (χ1n) is 6.20. The van der Waals surface area contributed by atoms with Gasteiger partial charge >= 0.3 is 0 Å². The third kappa shape index (κ3) is 6.94. The van der Waals surface area contributed by atoms with Crippen LogP contribution in [0.4, 0.5) is 0 Å². The Labute approximate surface area is 124 Å². The monoisotopic (exact) mass is 301 g/mol. The van der Waals surface area contributed by atoms with E-state index in [-0.39, 0.29) is 0 Å². The van der Waals surface area contributed by atoms with Crippen molar-refractivity contribution < 1.29 is 4.42 Å². The maximum atomic E-state index is 5.75. The summed E-state index contributed by atoms with van der Waals surface area (Å²) in [5.41, 5.74) is 0. The van der Waals surface area contributed by atoms with Crippen LogP contribution in [0, 0.1) is 0 Å². The summed E-state index contributed by atoms with van der Waals surface area (Å²) >= 11 is 3.51. The molecule has 0 fully saturated rings. The maximum absolute atomic E-state index is 5.75. The van der Waals surface area contributed by atoms with Gasteiger partial charge in [0, 0.05) is 19.3 Å². The predicted molar refractivity (Wildman–Crippen MR) is 87.1 cm³/mol. The zero-order valence-electron chi connectivity index (χ0n) is 12.1. The van der Waals surface area contributed by atoms with E-state index in [2.05, 4.69) is 27.3 Å². The highest BCUT2D eigenvalue weighted by Crippen LogP contribution is 2.15. The van der Waals surface area contributed by atoms with E-state index in [0.717, 1.165) is 41.3 Å². The number of hydrogen-bond donors (Lipinski definition) is 1. The van der Waals surface area contributed by atoms with E-state index >= 15 is 0 Å². The molecule has 0 saturated carbocycles. The van der Waals surface area contributed by atoms with Gasteiger partial charge in [-0.1, -0.05) is 11.8 Å². The zero-order valence-corrected chi connectivity index (χ0v) is 13.7. The molecule has 0 aliphatic carbocycles. The van der Waals surface area contributed by atoms with E-state index in [1.807, 2.05) is 32.1 Å². The quantitative estimate of drug-likeness (QED) is 0.476. The second-order valence-electron chi connectivity index (χ2n) is 4.32. The van der Waals surface area contributed by atoms with Crippen molar-refractivity contribution >= 4 is 28.7 Å². The molecular formula is C13H23N3OS2. The highest BCUT2D eigenvalue weighted by molar-refractivity contribution is 8.13. The second-order valence-corrected chi connectivity index (χ2v) is 6.22. The van der Waals surface area contributed by atoms with Gasteiger partial charge in [-0.25, -0.2) is 0 Å². The summed E-state index contributed by atoms with van der Waals surface area (Å²) in [5, 5.41) is 4.28. The van der Waals surface area contributed by atoms with Crippen molar-refractivity contribution in [3.8, 4) is 0 Å². The van der Waals surface area contributed by atoms with E-state index in [9.17, 15) is 0 Å². The third-order valence-corrected chi connectivity index (χ3v) is 4.05. The van der Waals surface area contributed by atoms with Crippen LogP contribution in [0.1, 0.15) is 11.5 Å². The van der Waals surface area contributed by atoms with Crippen LogP contribution in [0.3, 0.4) is 0 Å². The first-order valence-corrected chi connectivity index (χ1v) is 8.58. The van der Waals surface area contributed by atoms with Crippen molar-refractivity contribution in [1.29, 1.82) is 0 Å².